The van der Waals surface area contributed by atoms with Crippen molar-refractivity contribution in [3.05, 3.63) is 53.6 Å². The van der Waals surface area contributed by atoms with Crippen molar-refractivity contribution >= 4 is 0 Å². The topological polar surface area (TPSA) is 18.5 Å². The number of rotatable bonds is 8. The van der Waals surface area contributed by atoms with Gasteiger partial charge in [0.2, 0.25) is 0 Å². The molecule has 0 unspecified atom stereocenters. The van der Waals surface area contributed by atoms with Crippen LogP contribution in [-0.4, -0.2) is 13.9 Å². The maximum atomic E-state index is 6.09. The van der Waals surface area contributed by atoms with Gasteiger partial charge in [0.25, 0.3) is 0 Å². The summed E-state index contributed by atoms with van der Waals surface area (Å²) < 4.78 is 11.3. The molecule has 2 aromatic carbocycles. The second-order valence-corrected chi connectivity index (χ2v) is 8.29. The lowest BCUT2D eigenvalue weighted by Crippen LogP contribution is -2.18. The van der Waals surface area contributed by atoms with E-state index in [1.54, 1.807) is 7.11 Å². The summed E-state index contributed by atoms with van der Waals surface area (Å²) in [5.41, 5.74) is 5.12. The average Bonchev–Trinajstić information content (AvgIpc) is 2.66. The Hall–Kier alpha value is -1.80. The van der Waals surface area contributed by atoms with Gasteiger partial charge in [0.05, 0.1) is 0 Å². The van der Waals surface area contributed by atoms with E-state index in [9.17, 15) is 0 Å². The first-order valence-corrected chi connectivity index (χ1v) is 9.63. The first kappa shape index (κ1) is 20.5. The first-order valence-electron chi connectivity index (χ1n) is 9.63. The molecule has 0 aromatic heterocycles. The fraction of sp³-hybridized carbons (Fsp3) is 0.500. The van der Waals surface area contributed by atoms with E-state index in [-0.39, 0.29) is 17.6 Å². The standard InChI is InChI=1S/C24H34O2/c1-8-23(3,4)19-13-10-12-18(16-19)20-14-11-15-21(24(5,6)9-2)22(20)26-17-25-7/h10-16H,8-9,17H2,1-7H3. The number of hydrogen-bond acceptors (Lipinski definition) is 2. The fourth-order valence-corrected chi connectivity index (χ4v) is 3.07. The molecule has 2 rings (SSSR count). The Morgan fingerprint density at radius 2 is 1.50 bits per heavy atom. The fourth-order valence-electron chi connectivity index (χ4n) is 3.07. The van der Waals surface area contributed by atoms with E-state index in [0.717, 1.165) is 24.2 Å². The normalized spacial score (nSPS) is 12.3. The molecule has 0 amide bonds. The van der Waals surface area contributed by atoms with E-state index < -0.39 is 0 Å². The van der Waals surface area contributed by atoms with Crippen molar-refractivity contribution in [3.8, 4) is 16.9 Å². The molecule has 2 aromatic rings. The third-order valence-corrected chi connectivity index (χ3v) is 5.79. The molecule has 2 nitrogen and oxygen atoms in total. The molecular formula is C24H34O2. The van der Waals surface area contributed by atoms with Gasteiger partial charge < -0.3 is 9.47 Å². The summed E-state index contributed by atoms with van der Waals surface area (Å²) in [6.07, 6.45) is 2.15. The van der Waals surface area contributed by atoms with Crippen molar-refractivity contribution in [2.24, 2.45) is 0 Å². The molecule has 26 heavy (non-hydrogen) atoms. The highest BCUT2D eigenvalue weighted by molar-refractivity contribution is 5.73. The summed E-state index contributed by atoms with van der Waals surface area (Å²) in [7, 11) is 1.66. The van der Waals surface area contributed by atoms with Gasteiger partial charge in [-0.15, -0.1) is 0 Å². The molecule has 0 radical (unpaired) electrons. The second kappa shape index (κ2) is 8.26. The van der Waals surface area contributed by atoms with E-state index >= 15 is 0 Å². The molecule has 0 spiro atoms. The van der Waals surface area contributed by atoms with Gasteiger partial charge in [-0.25, -0.2) is 0 Å². The SMILES string of the molecule is CCC(C)(C)c1cccc(-c2cccc(C(C)(C)CC)c2OCOC)c1. The Kier molecular flexibility index (Phi) is 6.52. The second-order valence-electron chi connectivity index (χ2n) is 8.29. The number of hydrogen-bond donors (Lipinski definition) is 0. The van der Waals surface area contributed by atoms with E-state index in [1.807, 2.05) is 0 Å². The van der Waals surface area contributed by atoms with E-state index in [4.69, 9.17) is 9.47 Å². The van der Waals surface area contributed by atoms with Gasteiger partial charge in [-0.2, -0.15) is 0 Å². The highest BCUT2D eigenvalue weighted by Gasteiger charge is 2.25. The van der Waals surface area contributed by atoms with Gasteiger partial charge in [-0.05, 0) is 34.8 Å². The molecule has 0 N–H and O–H groups in total. The van der Waals surface area contributed by atoms with Crippen molar-refractivity contribution in [1.82, 2.24) is 0 Å². The Balaban J connectivity index is 2.62. The number of benzene rings is 2. The third-order valence-electron chi connectivity index (χ3n) is 5.79. The van der Waals surface area contributed by atoms with E-state index in [2.05, 4.69) is 84.0 Å². The van der Waals surface area contributed by atoms with Crippen LogP contribution in [0.1, 0.15) is 65.5 Å². The van der Waals surface area contributed by atoms with E-state index in [0.29, 0.717) is 0 Å². The minimum absolute atomic E-state index is 0.0411. The molecule has 0 saturated carbocycles. The van der Waals surface area contributed by atoms with Crippen LogP contribution in [0.4, 0.5) is 0 Å². The number of para-hydroxylation sites is 1. The number of methoxy groups -OCH3 is 1. The smallest absolute Gasteiger partial charge is 0.188 e. The Morgan fingerprint density at radius 3 is 2.12 bits per heavy atom. The van der Waals surface area contributed by atoms with Crippen LogP contribution in [0.25, 0.3) is 11.1 Å². The maximum Gasteiger partial charge on any atom is 0.188 e. The molecule has 0 saturated heterocycles. The van der Waals surface area contributed by atoms with Gasteiger partial charge in [-0.1, -0.05) is 84.0 Å². The van der Waals surface area contributed by atoms with Gasteiger partial charge >= 0.3 is 0 Å². The molecule has 0 atom stereocenters. The van der Waals surface area contributed by atoms with Crippen LogP contribution in [0.15, 0.2) is 42.5 Å². The van der Waals surface area contributed by atoms with Crippen molar-refractivity contribution in [1.29, 1.82) is 0 Å². The summed E-state index contributed by atoms with van der Waals surface area (Å²) in [6, 6.07) is 15.3. The van der Waals surface area contributed by atoms with Crippen LogP contribution in [0.5, 0.6) is 5.75 Å². The summed E-state index contributed by atoms with van der Waals surface area (Å²) in [6.45, 7) is 13.8. The van der Waals surface area contributed by atoms with Crippen molar-refractivity contribution in [3.63, 3.8) is 0 Å². The van der Waals surface area contributed by atoms with E-state index in [1.165, 1.54) is 16.7 Å². The van der Waals surface area contributed by atoms with Gasteiger partial charge in [0, 0.05) is 18.2 Å². The van der Waals surface area contributed by atoms with Gasteiger partial charge in [0.15, 0.2) is 6.79 Å². The van der Waals surface area contributed by atoms with Crippen LogP contribution in [0, 0.1) is 0 Å². The Bertz CT molecular complexity index is 729. The number of ether oxygens (including phenoxy) is 2. The largest absolute Gasteiger partial charge is 0.467 e. The van der Waals surface area contributed by atoms with Crippen LogP contribution < -0.4 is 4.74 Å². The molecule has 0 bridgehead atoms. The monoisotopic (exact) mass is 354 g/mol. The van der Waals surface area contributed by atoms with Crippen molar-refractivity contribution in [2.45, 2.75) is 65.2 Å². The maximum absolute atomic E-state index is 6.09. The van der Waals surface area contributed by atoms with Crippen molar-refractivity contribution < 1.29 is 9.47 Å². The molecule has 0 aliphatic carbocycles. The molecule has 0 aliphatic rings. The highest BCUT2D eigenvalue weighted by Crippen LogP contribution is 2.41. The average molecular weight is 355 g/mol. The molecule has 0 heterocycles. The summed E-state index contributed by atoms with van der Waals surface area (Å²) in [4.78, 5) is 0. The van der Waals surface area contributed by atoms with Gasteiger partial charge in [0.1, 0.15) is 5.75 Å². The molecule has 2 heteroatoms. The minimum Gasteiger partial charge on any atom is -0.467 e. The third kappa shape index (κ3) is 4.29. The quantitative estimate of drug-likeness (QED) is 0.490. The Labute approximate surface area is 159 Å². The molecular weight excluding hydrogens is 320 g/mol. The molecule has 142 valence electrons. The molecule has 0 fully saturated rings. The predicted octanol–water partition coefficient (Wildman–Crippen LogP) is 6.71. The Morgan fingerprint density at radius 1 is 0.846 bits per heavy atom. The van der Waals surface area contributed by atoms with Crippen LogP contribution in [0.2, 0.25) is 0 Å². The van der Waals surface area contributed by atoms with Crippen LogP contribution in [-0.2, 0) is 15.6 Å². The van der Waals surface area contributed by atoms with Gasteiger partial charge in [-0.3, -0.25) is 0 Å². The lowest BCUT2D eigenvalue weighted by atomic mass is 9.79. The van der Waals surface area contributed by atoms with Crippen LogP contribution in [0.3, 0.4) is 0 Å². The lowest BCUT2D eigenvalue weighted by Gasteiger charge is -2.28. The predicted molar refractivity (Wildman–Crippen MR) is 111 cm³/mol. The summed E-state index contributed by atoms with van der Waals surface area (Å²) >= 11 is 0. The highest BCUT2D eigenvalue weighted by atomic mass is 16.7. The first-order chi connectivity index (χ1) is 12.3. The lowest BCUT2D eigenvalue weighted by molar-refractivity contribution is 0.0501. The summed E-state index contributed by atoms with van der Waals surface area (Å²) in [5, 5.41) is 0. The zero-order valence-electron chi connectivity index (χ0n) is 17.5. The zero-order valence-corrected chi connectivity index (χ0v) is 17.5. The van der Waals surface area contributed by atoms with Crippen LogP contribution >= 0.6 is 0 Å². The van der Waals surface area contributed by atoms with Crippen molar-refractivity contribution in [2.75, 3.05) is 13.9 Å². The molecule has 0 aliphatic heterocycles. The zero-order chi connectivity index (χ0) is 19.4. The summed E-state index contributed by atoms with van der Waals surface area (Å²) in [5.74, 6) is 0.938. The minimum atomic E-state index is 0.0411.